The molecule has 0 aliphatic carbocycles. The molecule has 1 aromatic carbocycles. The van der Waals surface area contributed by atoms with Gasteiger partial charge in [0.25, 0.3) is 5.91 Å². The van der Waals surface area contributed by atoms with Crippen LogP contribution in [0, 0.1) is 5.92 Å². The zero-order valence-electron chi connectivity index (χ0n) is 19.8. The first-order valence-corrected chi connectivity index (χ1v) is 12.0. The molecule has 2 aliphatic rings. The topological polar surface area (TPSA) is 82.6 Å². The van der Waals surface area contributed by atoms with Crippen LogP contribution in [0.3, 0.4) is 0 Å². The van der Waals surface area contributed by atoms with Crippen molar-refractivity contribution in [1.29, 1.82) is 0 Å². The maximum atomic E-state index is 12.9. The Labute approximate surface area is 196 Å². The second kappa shape index (κ2) is 10.9. The average Bonchev–Trinajstić information content (AvgIpc) is 3.25. The van der Waals surface area contributed by atoms with Gasteiger partial charge in [0, 0.05) is 37.4 Å². The summed E-state index contributed by atoms with van der Waals surface area (Å²) in [5.74, 6) is 0.672. The van der Waals surface area contributed by atoms with E-state index in [-0.39, 0.29) is 11.9 Å². The number of ether oxygens (including phenoxy) is 1. The molecule has 2 saturated heterocycles. The number of allylic oxidation sites excluding steroid dienone is 1. The molecule has 4 rings (SSSR count). The molecule has 2 aliphatic heterocycles. The fourth-order valence-corrected chi connectivity index (χ4v) is 4.61. The van der Waals surface area contributed by atoms with Crippen molar-refractivity contribution < 1.29 is 9.53 Å². The number of piperidine rings is 1. The highest BCUT2D eigenvalue weighted by molar-refractivity contribution is 6.05. The van der Waals surface area contributed by atoms with Gasteiger partial charge in [-0.05, 0) is 87.2 Å². The number of aromatic amines is 1. The Balaban J connectivity index is 1.52. The third-order valence-electron chi connectivity index (χ3n) is 6.73. The second-order valence-electron chi connectivity index (χ2n) is 9.37. The van der Waals surface area contributed by atoms with Gasteiger partial charge in [0.1, 0.15) is 0 Å². The minimum absolute atomic E-state index is 0.136. The van der Waals surface area contributed by atoms with Gasteiger partial charge in [-0.1, -0.05) is 19.1 Å². The number of likely N-dealkylation sites (tertiary alicyclic amines) is 1. The van der Waals surface area contributed by atoms with Crippen LogP contribution in [0.25, 0.3) is 16.5 Å². The lowest BCUT2D eigenvalue weighted by atomic mass is 9.98. The van der Waals surface area contributed by atoms with Crippen LogP contribution in [0.5, 0.6) is 0 Å². The molecule has 33 heavy (non-hydrogen) atoms. The van der Waals surface area contributed by atoms with Crippen LogP contribution >= 0.6 is 0 Å². The largest absolute Gasteiger partial charge is 0.381 e. The first-order chi connectivity index (χ1) is 16.0. The number of rotatable bonds is 7. The number of carbonyl (C=O) groups excluding carboxylic acids is 1. The van der Waals surface area contributed by atoms with Crippen LogP contribution in [0.2, 0.25) is 0 Å². The second-order valence-corrected chi connectivity index (χ2v) is 9.37. The van der Waals surface area contributed by atoms with E-state index in [1.807, 2.05) is 18.3 Å². The van der Waals surface area contributed by atoms with E-state index in [4.69, 9.17) is 4.74 Å². The van der Waals surface area contributed by atoms with Gasteiger partial charge in [0.2, 0.25) is 0 Å². The van der Waals surface area contributed by atoms with Crippen LogP contribution in [0.15, 0.2) is 41.0 Å². The Morgan fingerprint density at radius 3 is 2.79 bits per heavy atom. The maximum Gasteiger partial charge on any atom is 0.272 e. The number of fused-ring (bicyclic) bond motifs is 1. The molecule has 0 saturated carbocycles. The van der Waals surface area contributed by atoms with E-state index >= 15 is 0 Å². The molecule has 0 spiro atoms. The number of aromatic nitrogens is 2. The molecule has 0 unspecified atom stereocenters. The standard InChI is InChI=1S/C26H35N5O2/c1-18-6-10-31(11-7-18)17-20(16-27-3)14-19(2)21-4-5-24-23(15-21)25(30-29-24)26(32)28-22-8-12-33-13-9-22/h4-5,14-16,18,22H,3,6-13,17H2,1-2H3,(H,28,32)(H,29,30)/b19-14+,20-16+. The lowest BCUT2D eigenvalue weighted by Crippen LogP contribution is -2.39. The van der Waals surface area contributed by atoms with Crippen molar-refractivity contribution in [2.24, 2.45) is 10.9 Å². The highest BCUT2D eigenvalue weighted by Gasteiger charge is 2.21. The van der Waals surface area contributed by atoms with Crippen LogP contribution in [-0.2, 0) is 4.74 Å². The summed E-state index contributed by atoms with van der Waals surface area (Å²) in [6.45, 7) is 12.6. The average molecular weight is 450 g/mol. The van der Waals surface area contributed by atoms with Gasteiger partial charge in [0.15, 0.2) is 5.69 Å². The Kier molecular flexibility index (Phi) is 7.73. The molecule has 0 bridgehead atoms. The van der Waals surface area contributed by atoms with Gasteiger partial charge in [-0.3, -0.25) is 19.8 Å². The molecule has 0 atom stereocenters. The van der Waals surface area contributed by atoms with Crippen molar-refractivity contribution in [3.05, 3.63) is 47.3 Å². The lowest BCUT2D eigenvalue weighted by Gasteiger charge is -2.30. The smallest absolute Gasteiger partial charge is 0.272 e. The summed E-state index contributed by atoms with van der Waals surface area (Å²) in [7, 11) is 0. The zero-order chi connectivity index (χ0) is 23.2. The van der Waals surface area contributed by atoms with E-state index < -0.39 is 0 Å². The van der Waals surface area contributed by atoms with Crippen molar-refractivity contribution in [3.8, 4) is 0 Å². The number of benzene rings is 1. The first kappa shape index (κ1) is 23.4. The van der Waals surface area contributed by atoms with Crippen molar-refractivity contribution in [1.82, 2.24) is 20.4 Å². The Morgan fingerprint density at radius 2 is 2.06 bits per heavy atom. The molecule has 0 radical (unpaired) electrons. The first-order valence-electron chi connectivity index (χ1n) is 12.0. The van der Waals surface area contributed by atoms with Gasteiger partial charge in [-0.25, -0.2) is 0 Å². The van der Waals surface area contributed by atoms with Crippen LogP contribution in [-0.4, -0.2) is 66.6 Å². The minimum atomic E-state index is -0.136. The third-order valence-corrected chi connectivity index (χ3v) is 6.73. The van der Waals surface area contributed by atoms with Crippen LogP contribution < -0.4 is 5.32 Å². The minimum Gasteiger partial charge on any atom is -0.381 e. The number of amides is 1. The molecule has 2 fully saturated rings. The van der Waals surface area contributed by atoms with E-state index in [1.165, 1.54) is 12.8 Å². The normalized spacial score (nSPS) is 19.7. The quantitative estimate of drug-likeness (QED) is 0.490. The van der Waals surface area contributed by atoms with E-state index in [9.17, 15) is 4.79 Å². The van der Waals surface area contributed by atoms with E-state index in [0.29, 0.717) is 18.9 Å². The number of H-pyrrole nitrogens is 1. The maximum absolute atomic E-state index is 12.9. The summed E-state index contributed by atoms with van der Waals surface area (Å²) in [6.07, 6.45) is 8.19. The van der Waals surface area contributed by atoms with Gasteiger partial charge in [-0.2, -0.15) is 5.10 Å². The van der Waals surface area contributed by atoms with Gasteiger partial charge in [0.05, 0.1) is 5.52 Å². The van der Waals surface area contributed by atoms with Gasteiger partial charge < -0.3 is 10.1 Å². The summed E-state index contributed by atoms with van der Waals surface area (Å²) < 4.78 is 5.39. The predicted molar refractivity (Wildman–Crippen MR) is 134 cm³/mol. The number of nitrogens with zero attached hydrogens (tertiary/aromatic N) is 3. The molecule has 1 amide bonds. The molecular weight excluding hydrogens is 414 g/mol. The molecule has 7 heteroatoms. The van der Waals surface area contributed by atoms with Crippen LogP contribution in [0.1, 0.15) is 55.6 Å². The zero-order valence-corrected chi connectivity index (χ0v) is 19.8. The summed E-state index contributed by atoms with van der Waals surface area (Å²) in [6, 6.07) is 6.24. The molecular formula is C26H35N5O2. The number of aliphatic imine (C=N–C) groups is 1. The molecule has 1 aromatic heterocycles. The Morgan fingerprint density at radius 1 is 1.30 bits per heavy atom. The highest BCUT2D eigenvalue weighted by atomic mass is 16.5. The fourth-order valence-electron chi connectivity index (χ4n) is 4.61. The van der Waals surface area contributed by atoms with Gasteiger partial charge >= 0.3 is 0 Å². The Hall–Kier alpha value is -2.77. The molecule has 3 heterocycles. The monoisotopic (exact) mass is 449 g/mol. The van der Waals surface area contributed by atoms with Crippen molar-refractivity contribution in [2.75, 3.05) is 32.8 Å². The SMILES string of the molecule is C=N/C=C(\C=C(/C)c1ccc2[nH]nc(C(=O)NC3CCOCC3)c2c1)CN1CCC(C)CC1. The molecule has 176 valence electrons. The van der Waals surface area contributed by atoms with E-state index in [2.05, 4.69) is 58.1 Å². The van der Waals surface area contributed by atoms with Crippen molar-refractivity contribution >= 4 is 29.1 Å². The van der Waals surface area contributed by atoms with Crippen molar-refractivity contribution in [2.45, 2.75) is 45.6 Å². The summed E-state index contributed by atoms with van der Waals surface area (Å²) in [5.41, 5.74) is 4.62. The summed E-state index contributed by atoms with van der Waals surface area (Å²) in [4.78, 5) is 19.4. The fraction of sp³-hybridized carbons (Fsp3) is 0.500. The molecule has 2 aromatic rings. The molecule has 2 N–H and O–H groups in total. The summed E-state index contributed by atoms with van der Waals surface area (Å²) in [5, 5.41) is 11.2. The number of hydrogen-bond donors (Lipinski definition) is 2. The predicted octanol–water partition coefficient (Wildman–Crippen LogP) is 4.19. The van der Waals surface area contributed by atoms with Crippen LogP contribution in [0.4, 0.5) is 0 Å². The highest BCUT2D eigenvalue weighted by Crippen LogP contribution is 2.25. The van der Waals surface area contributed by atoms with E-state index in [1.54, 1.807) is 0 Å². The Bertz CT molecular complexity index is 1040. The lowest BCUT2D eigenvalue weighted by molar-refractivity contribution is 0.0695. The number of carbonyl (C=O) groups is 1. The molecule has 7 nitrogen and oxygen atoms in total. The van der Waals surface area contributed by atoms with Crippen molar-refractivity contribution in [3.63, 3.8) is 0 Å². The van der Waals surface area contributed by atoms with E-state index in [0.717, 1.165) is 66.0 Å². The number of hydrogen-bond acceptors (Lipinski definition) is 5. The summed E-state index contributed by atoms with van der Waals surface area (Å²) >= 11 is 0. The number of nitrogens with one attached hydrogen (secondary N) is 2. The van der Waals surface area contributed by atoms with Gasteiger partial charge in [-0.15, -0.1) is 0 Å². The third kappa shape index (κ3) is 5.97.